The third-order valence-corrected chi connectivity index (χ3v) is 4.69. The molecule has 0 amide bonds. The van der Waals surface area contributed by atoms with E-state index in [0.717, 1.165) is 6.07 Å². The highest BCUT2D eigenvalue weighted by Crippen LogP contribution is 2.19. The van der Waals surface area contributed by atoms with Gasteiger partial charge in [0.2, 0.25) is 0 Å². The number of aromatic nitrogens is 1. The summed E-state index contributed by atoms with van der Waals surface area (Å²) in [7, 11) is -3.71. The summed E-state index contributed by atoms with van der Waals surface area (Å²) in [6, 6.07) is 1.07. The fourth-order valence-corrected chi connectivity index (χ4v) is 3.26. The van der Waals surface area contributed by atoms with Gasteiger partial charge in [0.15, 0.2) is 20.7 Å². The van der Waals surface area contributed by atoms with Crippen LogP contribution in [0.4, 0.5) is 4.39 Å². The fraction of sp³-hybridized carbons (Fsp3) is 0.444. The molecule has 0 radical (unpaired) electrons. The lowest BCUT2D eigenvalue weighted by atomic mass is 10.3. The second-order valence-electron chi connectivity index (χ2n) is 3.48. The molecule has 1 aromatic heterocycles. The van der Waals surface area contributed by atoms with Gasteiger partial charge in [-0.3, -0.25) is 0 Å². The van der Waals surface area contributed by atoms with E-state index in [0.29, 0.717) is 4.47 Å². The maximum absolute atomic E-state index is 13.4. The average Bonchev–Trinajstić information content (AvgIpc) is 2.16. The lowest BCUT2D eigenvalue weighted by molar-refractivity contribution is 0.546. The molecule has 0 aliphatic carbocycles. The molecule has 1 unspecified atom stereocenters. The highest BCUT2D eigenvalue weighted by Gasteiger charge is 2.23. The summed E-state index contributed by atoms with van der Waals surface area (Å²) in [5.74, 6) is -1.09. The lowest BCUT2D eigenvalue weighted by Gasteiger charge is -2.08. The van der Waals surface area contributed by atoms with Crippen molar-refractivity contribution in [2.45, 2.75) is 11.9 Å². The number of rotatable bonds is 4. The van der Waals surface area contributed by atoms with Gasteiger partial charge in [-0.15, -0.1) is 11.6 Å². The van der Waals surface area contributed by atoms with Crippen molar-refractivity contribution in [1.29, 1.82) is 0 Å². The van der Waals surface area contributed by atoms with Gasteiger partial charge in [0.1, 0.15) is 0 Å². The minimum Gasteiger partial charge on any atom is -0.241 e. The van der Waals surface area contributed by atoms with E-state index in [-0.39, 0.29) is 17.6 Å². The van der Waals surface area contributed by atoms with E-state index in [9.17, 15) is 12.8 Å². The van der Waals surface area contributed by atoms with Crippen molar-refractivity contribution in [3.8, 4) is 0 Å². The Hall–Kier alpha value is -0.200. The van der Waals surface area contributed by atoms with Gasteiger partial charge in [-0.2, -0.15) is 0 Å². The first kappa shape index (κ1) is 13.9. The largest absolute Gasteiger partial charge is 0.241 e. The molecule has 0 aliphatic heterocycles. The maximum Gasteiger partial charge on any atom is 0.198 e. The molecular formula is C9H10BrClFNO2S. The third kappa shape index (κ3) is 3.40. The third-order valence-electron chi connectivity index (χ3n) is 1.84. The molecule has 0 N–H and O–H groups in total. The van der Waals surface area contributed by atoms with Crippen molar-refractivity contribution in [3.63, 3.8) is 0 Å². The minimum absolute atomic E-state index is 0.206. The van der Waals surface area contributed by atoms with E-state index in [1.807, 2.05) is 0 Å². The van der Waals surface area contributed by atoms with Crippen LogP contribution >= 0.6 is 27.5 Å². The zero-order valence-corrected chi connectivity index (χ0v) is 11.6. The number of sulfone groups is 1. The summed E-state index contributed by atoms with van der Waals surface area (Å²) in [5, 5.41) is -0.521. The molecule has 7 heteroatoms. The van der Waals surface area contributed by atoms with Crippen molar-refractivity contribution < 1.29 is 12.8 Å². The van der Waals surface area contributed by atoms with Gasteiger partial charge in [-0.05, 0) is 27.9 Å². The predicted octanol–water partition coefficient (Wildman–Crippen LogP) is 2.63. The Kier molecular flexibility index (Phi) is 4.70. The topological polar surface area (TPSA) is 47.0 Å². The molecule has 0 aliphatic rings. The van der Waals surface area contributed by atoms with E-state index >= 15 is 0 Å². The summed E-state index contributed by atoms with van der Waals surface area (Å²) in [6.45, 7) is 1.68. The van der Waals surface area contributed by atoms with Gasteiger partial charge in [-0.1, -0.05) is 6.92 Å². The summed E-state index contributed by atoms with van der Waals surface area (Å²) < 4.78 is 37.3. The molecule has 3 nitrogen and oxygen atoms in total. The molecule has 0 saturated carbocycles. The van der Waals surface area contributed by atoms with Crippen LogP contribution in [-0.2, 0) is 9.84 Å². The summed E-state index contributed by atoms with van der Waals surface area (Å²) in [5.41, 5.74) is 0. The van der Waals surface area contributed by atoms with Gasteiger partial charge in [-0.25, -0.2) is 17.8 Å². The van der Waals surface area contributed by atoms with Crippen LogP contribution in [0.15, 0.2) is 21.8 Å². The Balaban J connectivity index is 3.08. The molecule has 0 bridgehead atoms. The highest BCUT2D eigenvalue weighted by atomic mass is 79.9. The number of hydrogen-bond donors (Lipinski definition) is 0. The zero-order valence-electron chi connectivity index (χ0n) is 8.45. The number of nitrogens with zero attached hydrogens (tertiary/aromatic N) is 1. The van der Waals surface area contributed by atoms with Crippen molar-refractivity contribution in [2.24, 2.45) is 5.92 Å². The van der Waals surface area contributed by atoms with Crippen LogP contribution in [0, 0.1) is 11.7 Å². The smallest absolute Gasteiger partial charge is 0.198 e. The second kappa shape index (κ2) is 5.42. The number of hydrogen-bond acceptors (Lipinski definition) is 3. The Bertz CT molecular complexity index is 480. The van der Waals surface area contributed by atoms with Crippen molar-refractivity contribution in [3.05, 3.63) is 22.6 Å². The molecule has 1 heterocycles. The SMILES string of the molecule is CC(CCl)CS(=O)(=O)c1ncc(Br)cc1F. The Morgan fingerprint density at radius 3 is 2.75 bits per heavy atom. The molecule has 90 valence electrons. The van der Waals surface area contributed by atoms with E-state index in [2.05, 4.69) is 20.9 Å². The molecule has 16 heavy (non-hydrogen) atoms. The van der Waals surface area contributed by atoms with Gasteiger partial charge < -0.3 is 0 Å². The van der Waals surface area contributed by atoms with Crippen LogP contribution in [0.2, 0.25) is 0 Å². The van der Waals surface area contributed by atoms with Crippen molar-refractivity contribution in [1.82, 2.24) is 4.98 Å². The standard InChI is InChI=1S/C9H10BrClFNO2S/c1-6(3-11)5-16(14,15)9-8(12)2-7(10)4-13-9/h2,4,6H,3,5H2,1H3. The summed E-state index contributed by atoms with van der Waals surface area (Å²) in [6.07, 6.45) is 1.25. The van der Waals surface area contributed by atoms with Crippen molar-refractivity contribution in [2.75, 3.05) is 11.6 Å². The van der Waals surface area contributed by atoms with E-state index in [1.54, 1.807) is 6.92 Å². The highest BCUT2D eigenvalue weighted by molar-refractivity contribution is 9.10. The van der Waals surface area contributed by atoms with Gasteiger partial charge >= 0.3 is 0 Å². The fourth-order valence-electron chi connectivity index (χ4n) is 1.13. The van der Waals surface area contributed by atoms with E-state index in [1.165, 1.54) is 6.20 Å². The Labute approximate surface area is 107 Å². The van der Waals surface area contributed by atoms with Crippen LogP contribution in [-0.4, -0.2) is 25.0 Å². The molecule has 1 aromatic rings. The number of pyridine rings is 1. The van der Waals surface area contributed by atoms with Gasteiger partial charge in [0.05, 0.1) is 5.75 Å². The van der Waals surface area contributed by atoms with Crippen LogP contribution in [0.3, 0.4) is 0 Å². The number of halogens is 3. The normalized spacial score (nSPS) is 13.8. The predicted molar refractivity (Wildman–Crippen MR) is 63.8 cm³/mol. The lowest BCUT2D eigenvalue weighted by Crippen LogP contribution is -2.17. The zero-order chi connectivity index (χ0) is 12.3. The summed E-state index contributed by atoms with van der Waals surface area (Å²) in [4.78, 5) is 3.58. The van der Waals surface area contributed by atoms with Crippen LogP contribution < -0.4 is 0 Å². The molecule has 0 saturated heterocycles. The molecule has 0 spiro atoms. The number of alkyl halides is 1. The van der Waals surface area contributed by atoms with Crippen LogP contribution in [0.5, 0.6) is 0 Å². The molecule has 0 aromatic carbocycles. The molecular weight excluding hydrogens is 321 g/mol. The quantitative estimate of drug-likeness (QED) is 0.797. The monoisotopic (exact) mass is 329 g/mol. The van der Waals surface area contributed by atoms with Gasteiger partial charge in [0.25, 0.3) is 0 Å². The Morgan fingerprint density at radius 1 is 1.62 bits per heavy atom. The Morgan fingerprint density at radius 2 is 2.25 bits per heavy atom. The van der Waals surface area contributed by atoms with Gasteiger partial charge in [0, 0.05) is 16.5 Å². The van der Waals surface area contributed by atoms with Crippen molar-refractivity contribution >= 4 is 37.4 Å². The average molecular weight is 331 g/mol. The summed E-state index contributed by atoms with van der Waals surface area (Å²) >= 11 is 8.53. The minimum atomic E-state index is -3.71. The second-order valence-corrected chi connectivity index (χ2v) is 6.66. The first-order chi connectivity index (χ1) is 7.36. The molecule has 1 atom stereocenters. The maximum atomic E-state index is 13.4. The van der Waals surface area contributed by atoms with Crippen LogP contribution in [0.1, 0.15) is 6.92 Å². The van der Waals surface area contributed by atoms with E-state index < -0.39 is 20.7 Å². The molecule has 0 fully saturated rings. The van der Waals surface area contributed by atoms with E-state index in [4.69, 9.17) is 11.6 Å². The first-order valence-electron chi connectivity index (χ1n) is 4.46. The first-order valence-corrected chi connectivity index (χ1v) is 7.44. The van der Waals surface area contributed by atoms with Crippen LogP contribution in [0.25, 0.3) is 0 Å². The molecule has 1 rings (SSSR count).